The number of alkyl carbamates (subject to hydrolysis) is 1. The minimum Gasteiger partial charge on any atom is -0.444 e. The summed E-state index contributed by atoms with van der Waals surface area (Å²) in [5.74, 6) is 0. The molecule has 0 spiro atoms. The van der Waals surface area contributed by atoms with Crippen LogP contribution in [0.15, 0.2) is 0 Å². The van der Waals surface area contributed by atoms with Crippen LogP contribution >= 0.6 is 0 Å². The summed E-state index contributed by atoms with van der Waals surface area (Å²) >= 11 is 0. The smallest absolute Gasteiger partial charge is 0.407 e. The van der Waals surface area contributed by atoms with Gasteiger partial charge in [-0.25, -0.2) is 4.79 Å². The van der Waals surface area contributed by atoms with E-state index in [1.165, 1.54) is 0 Å². The molecule has 1 amide bonds. The van der Waals surface area contributed by atoms with Crippen molar-refractivity contribution < 1.29 is 14.6 Å². The molecular formula is C15H30N2O3. The van der Waals surface area contributed by atoms with E-state index in [0.29, 0.717) is 6.04 Å². The molecule has 0 radical (unpaired) electrons. The van der Waals surface area contributed by atoms with Gasteiger partial charge in [-0.3, -0.25) is 0 Å². The summed E-state index contributed by atoms with van der Waals surface area (Å²) in [5.41, 5.74) is -0.446. The van der Waals surface area contributed by atoms with E-state index in [2.05, 4.69) is 17.6 Å². The van der Waals surface area contributed by atoms with E-state index in [1.54, 1.807) is 0 Å². The zero-order valence-electron chi connectivity index (χ0n) is 13.2. The number of hydrogen-bond donors (Lipinski definition) is 3. The van der Waals surface area contributed by atoms with Crippen LogP contribution in [0.3, 0.4) is 0 Å². The summed E-state index contributed by atoms with van der Waals surface area (Å²) in [7, 11) is 0. The molecule has 0 unspecified atom stereocenters. The molecule has 0 aromatic carbocycles. The SMILES string of the molecule is CC[C@@H](CO)NC1CCC(NC(=O)OC(C)(C)C)CC1. The first-order valence-corrected chi connectivity index (χ1v) is 7.70. The Hall–Kier alpha value is -0.810. The van der Waals surface area contributed by atoms with Crippen LogP contribution in [-0.2, 0) is 4.74 Å². The van der Waals surface area contributed by atoms with Crippen LogP contribution in [0.5, 0.6) is 0 Å². The molecule has 0 aliphatic heterocycles. The van der Waals surface area contributed by atoms with Crippen LogP contribution in [0, 0.1) is 0 Å². The van der Waals surface area contributed by atoms with Gasteiger partial charge in [-0.15, -0.1) is 0 Å². The van der Waals surface area contributed by atoms with Crippen molar-refractivity contribution in [1.29, 1.82) is 0 Å². The Morgan fingerprint density at radius 3 is 2.25 bits per heavy atom. The predicted octanol–water partition coefficient (Wildman–Crippen LogP) is 2.18. The standard InChI is InChI=1S/C15H30N2O3/c1-5-11(10-18)16-12-6-8-13(9-7-12)17-14(19)20-15(2,3)4/h11-13,16,18H,5-10H2,1-4H3,(H,17,19)/t11-,12?,13?/m0/s1. The van der Waals surface area contributed by atoms with Crippen molar-refractivity contribution in [1.82, 2.24) is 10.6 Å². The number of aliphatic hydroxyl groups excluding tert-OH is 1. The van der Waals surface area contributed by atoms with E-state index in [4.69, 9.17) is 4.74 Å². The van der Waals surface area contributed by atoms with E-state index in [0.717, 1.165) is 32.1 Å². The third-order valence-corrected chi connectivity index (χ3v) is 3.63. The van der Waals surface area contributed by atoms with E-state index >= 15 is 0 Å². The summed E-state index contributed by atoms with van der Waals surface area (Å²) < 4.78 is 5.27. The molecule has 0 aromatic rings. The van der Waals surface area contributed by atoms with Gasteiger partial charge in [0.05, 0.1) is 6.61 Å². The van der Waals surface area contributed by atoms with Crippen molar-refractivity contribution in [3.8, 4) is 0 Å². The van der Waals surface area contributed by atoms with Crippen molar-refractivity contribution >= 4 is 6.09 Å². The van der Waals surface area contributed by atoms with Crippen LogP contribution in [0.1, 0.15) is 59.8 Å². The Bertz CT molecular complexity index is 290. The zero-order valence-corrected chi connectivity index (χ0v) is 13.2. The average molecular weight is 286 g/mol. The molecular weight excluding hydrogens is 256 g/mol. The van der Waals surface area contributed by atoms with Crippen LogP contribution in [0.4, 0.5) is 4.79 Å². The molecule has 118 valence electrons. The molecule has 20 heavy (non-hydrogen) atoms. The minimum absolute atomic E-state index is 0.187. The van der Waals surface area contributed by atoms with Crippen molar-refractivity contribution in [2.45, 2.75) is 83.5 Å². The number of amides is 1. The number of nitrogens with one attached hydrogen (secondary N) is 2. The average Bonchev–Trinajstić information content (AvgIpc) is 2.35. The number of aliphatic hydroxyl groups is 1. The van der Waals surface area contributed by atoms with E-state index in [1.807, 2.05) is 20.8 Å². The molecule has 1 atom stereocenters. The molecule has 1 rings (SSSR count). The summed E-state index contributed by atoms with van der Waals surface area (Å²) in [5, 5.41) is 15.6. The second-order valence-electron chi connectivity index (χ2n) is 6.65. The van der Waals surface area contributed by atoms with Crippen molar-refractivity contribution in [2.75, 3.05) is 6.61 Å². The lowest BCUT2D eigenvalue weighted by atomic mass is 9.90. The fraction of sp³-hybridized carbons (Fsp3) is 0.933. The Morgan fingerprint density at radius 2 is 1.80 bits per heavy atom. The Labute approximate surface area is 122 Å². The molecule has 1 saturated carbocycles. The van der Waals surface area contributed by atoms with Gasteiger partial charge in [0.2, 0.25) is 0 Å². The van der Waals surface area contributed by atoms with Crippen LogP contribution in [0.2, 0.25) is 0 Å². The fourth-order valence-corrected chi connectivity index (χ4v) is 2.51. The molecule has 5 heteroatoms. The van der Waals surface area contributed by atoms with E-state index < -0.39 is 5.60 Å². The Morgan fingerprint density at radius 1 is 1.25 bits per heavy atom. The molecule has 3 N–H and O–H groups in total. The lowest BCUT2D eigenvalue weighted by molar-refractivity contribution is 0.0488. The number of ether oxygens (including phenoxy) is 1. The first kappa shape index (κ1) is 17.2. The normalized spacial score (nSPS) is 25.1. The quantitative estimate of drug-likeness (QED) is 0.724. The van der Waals surface area contributed by atoms with Gasteiger partial charge in [0, 0.05) is 18.1 Å². The van der Waals surface area contributed by atoms with E-state index in [9.17, 15) is 9.90 Å². The maximum atomic E-state index is 11.7. The van der Waals surface area contributed by atoms with Crippen LogP contribution in [0.25, 0.3) is 0 Å². The number of hydrogen-bond acceptors (Lipinski definition) is 4. The number of carbonyl (C=O) groups is 1. The van der Waals surface area contributed by atoms with Crippen LogP contribution < -0.4 is 10.6 Å². The van der Waals surface area contributed by atoms with Crippen molar-refractivity contribution in [3.63, 3.8) is 0 Å². The van der Waals surface area contributed by atoms with Gasteiger partial charge < -0.3 is 20.5 Å². The van der Waals surface area contributed by atoms with Gasteiger partial charge >= 0.3 is 6.09 Å². The van der Waals surface area contributed by atoms with Crippen molar-refractivity contribution in [2.24, 2.45) is 0 Å². The Kier molecular flexibility index (Phi) is 6.76. The van der Waals surface area contributed by atoms with Gasteiger partial charge in [0.25, 0.3) is 0 Å². The Balaban J connectivity index is 2.27. The fourth-order valence-electron chi connectivity index (χ4n) is 2.51. The van der Waals surface area contributed by atoms with Crippen LogP contribution in [-0.4, -0.2) is 41.5 Å². The molecule has 0 aromatic heterocycles. The molecule has 5 nitrogen and oxygen atoms in total. The number of carbonyl (C=O) groups excluding carboxylic acids is 1. The summed E-state index contributed by atoms with van der Waals surface area (Å²) in [6.07, 6.45) is 4.58. The second kappa shape index (κ2) is 7.84. The highest BCUT2D eigenvalue weighted by Crippen LogP contribution is 2.20. The number of rotatable bonds is 5. The summed E-state index contributed by atoms with van der Waals surface area (Å²) in [6.45, 7) is 7.86. The predicted molar refractivity (Wildman–Crippen MR) is 79.7 cm³/mol. The van der Waals surface area contributed by atoms with Gasteiger partial charge in [-0.05, 0) is 52.9 Å². The third-order valence-electron chi connectivity index (χ3n) is 3.63. The minimum atomic E-state index is -0.446. The molecule has 0 heterocycles. The van der Waals surface area contributed by atoms with Gasteiger partial charge in [0.1, 0.15) is 5.60 Å². The summed E-state index contributed by atoms with van der Waals surface area (Å²) in [4.78, 5) is 11.7. The maximum absolute atomic E-state index is 11.7. The highest BCUT2D eigenvalue weighted by atomic mass is 16.6. The van der Waals surface area contributed by atoms with Gasteiger partial charge in [0.15, 0.2) is 0 Å². The monoisotopic (exact) mass is 286 g/mol. The topological polar surface area (TPSA) is 70.6 Å². The second-order valence-corrected chi connectivity index (χ2v) is 6.65. The first-order chi connectivity index (χ1) is 9.34. The van der Waals surface area contributed by atoms with Gasteiger partial charge in [-0.1, -0.05) is 6.92 Å². The molecule has 1 fully saturated rings. The highest BCUT2D eigenvalue weighted by Gasteiger charge is 2.25. The molecule has 1 aliphatic carbocycles. The lowest BCUT2D eigenvalue weighted by Gasteiger charge is -2.32. The summed E-state index contributed by atoms with van der Waals surface area (Å²) in [6, 6.07) is 0.844. The lowest BCUT2D eigenvalue weighted by Crippen LogP contribution is -2.46. The third kappa shape index (κ3) is 6.57. The van der Waals surface area contributed by atoms with E-state index in [-0.39, 0.29) is 24.8 Å². The molecule has 0 saturated heterocycles. The van der Waals surface area contributed by atoms with Crippen molar-refractivity contribution in [3.05, 3.63) is 0 Å². The first-order valence-electron chi connectivity index (χ1n) is 7.70. The largest absolute Gasteiger partial charge is 0.444 e. The van der Waals surface area contributed by atoms with Gasteiger partial charge in [-0.2, -0.15) is 0 Å². The molecule has 1 aliphatic rings. The highest BCUT2D eigenvalue weighted by molar-refractivity contribution is 5.68. The maximum Gasteiger partial charge on any atom is 0.407 e. The molecule has 0 bridgehead atoms. The zero-order chi connectivity index (χ0) is 15.2.